The van der Waals surface area contributed by atoms with E-state index in [1.807, 2.05) is 71.6 Å². The second-order valence-electron chi connectivity index (χ2n) is 6.78. The van der Waals surface area contributed by atoms with Gasteiger partial charge in [0.2, 0.25) is 5.91 Å². The van der Waals surface area contributed by atoms with E-state index in [2.05, 4.69) is 18.2 Å². The lowest BCUT2D eigenvalue weighted by atomic mass is 10.1. The summed E-state index contributed by atoms with van der Waals surface area (Å²) in [6.07, 6.45) is 0.435. The SMILES string of the molecule is O=C(Cc1ccccc1)N1CCSC1c1ccccc1OCc1ccccc1. The summed E-state index contributed by atoms with van der Waals surface area (Å²) in [5, 5.41) is 0.00295. The lowest BCUT2D eigenvalue weighted by Gasteiger charge is -2.26. The first kappa shape index (κ1) is 18.6. The highest BCUT2D eigenvalue weighted by molar-refractivity contribution is 7.99. The lowest BCUT2D eigenvalue weighted by Crippen LogP contribution is -2.31. The van der Waals surface area contributed by atoms with Crippen LogP contribution < -0.4 is 4.74 Å². The van der Waals surface area contributed by atoms with Crippen LogP contribution in [0.25, 0.3) is 0 Å². The Hall–Kier alpha value is -2.72. The number of hydrogen-bond acceptors (Lipinski definition) is 3. The molecule has 4 heteroatoms. The van der Waals surface area contributed by atoms with Crippen LogP contribution >= 0.6 is 11.8 Å². The van der Waals surface area contributed by atoms with Gasteiger partial charge in [-0.15, -0.1) is 11.8 Å². The fourth-order valence-electron chi connectivity index (χ4n) is 3.41. The van der Waals surface area contributed by atoms with Gasteiger partial charge in [0.15, 0.2) is 0 Å². The summed E-state index contributed by atoms with van der Waals surface area (Å²) < 4.78 is 6.13. The summed E-state index contributed by atoms with van der Waals surface area (Å²) in [7, 11) is 0. The average molecular weight is 390 g/mol. The van der Waals surface area contributed by atoms with Crippen molar-refractivity contribution in [3.63, 3.8) is 0 Å². The Labute approximate surface area is 170 Å². The Balaban J connectivity index is 1.50. The third kappa shape index (κ3) is 4.39. The first-order chi connectivity index (χ1) is 13.8. The summed E-state index contributed by atoms with van der Waals surface area (Å²) in [6.45, 7) is 1.29. The van der Waals surface area contributed by atoms with E-state index in [1.54, 1.807) is 11.8 Å². The molecule has 0 aromatic heterocycles. The number of para-hydroxylation sites is 1. The first-order valence-electron chi connectivity index (χ1n) is 9.52. The van der Waals surface area contributed by atoms with E-state index >= 15 is 0 Å². The Morgan fingerprint density at radius 2 is 1.54 bits per heavy atom. The predicted molar refractivity (Wildman–Crippen MR) is 114 cm³/mol. The number of thioether (sulfide) groups is 1. The maximum atomic E-state index is 13.0. The van der Waals surface area contributed by atoms with Crippen molar-refractivity contribution in [1.29, 1.82) is 0 Å². The Morgan fingerprint density at radius 1 is 0.893 bits per heavy atom. The van der Waals surface area contributed by atoms with Crippen LogP contribution in [-0.4, -0.2) is 23.1 Å². The minimum absolute atomic E-state index is 0.00295. The second kappa shape index (κ2) is 8.98. The topological polar surface area (TPSA) is 29.5 Å². The maximum absolute atomic E-state index is 13.0. The van der Waals surface area contributed by atoms with E-state index in [-0.39, 0.29) is 11.3 Å². The van der Waals surface area contributed by atoms with Crippen LogP contribution in [0.2, 0.25) is 0 Å². The van der Waals surface area contributed by atoms with Gasteiger partial charge >= 0.3 is 0 Å². The maximum Gasteiger partial charge on any atom is 0.228 e. The van der Waals surface area contributed by atoms with E-state index in [0.29, 0.717) is 13.0 Å². The van der Waals surface area contributed by atoms with Crippen LogP contribution in [0.1, 0.15) is 22.1 Å². The first-order valence-corrected chi connectivity index (χ1v) is 10.6. The van der Waals surface area contributed by atoms with Crippen molar-refractivity contribution in [3.05, 3.63) is 102 Å². The predicted octanol–water partition coefficient (Wildman–Crippen LogP) is 5.08. The highest BCUT2D eigenvalue weighted by Gasteiger charge is 2.32. The van der Waals surface area contributed by atoms with E-state index in [1.165, 1.54) is 0 Å². The van der Waals surface area contributed by atoms with Crippen LogP contribution in [-0.2, 0) is 17.8 Å². The fraction of sp³-hybridized carbons (Fsp3) is 0.208. The quantitative estimate of drug-likeness (QED) is 0.589. The van der Waals surface area contributed by atoms with E-state index in [4.69, 9.17) is 4.74 Å². The molecule has 1 saturated heterocycles. The molecule has 0 spiro atoms. The molecule has 1 aliphatic heterocycles. The normalized spacial score (nSPS) is 16.1. The lowest BCUT2D eigenvalue weighted by molar-refractivity contribution is -0.130. The van der Waals surface area contributed by atoms with E-state index in [9.17, 15) is 4.79 Å². The number of carbonyl (C=O) groups is 1. The summed E-state index contributed by atoms with van der Waals surface area (Å²) in [5.41, 5.74) is 3.26. The molecule has 0 radical (unpaired) electrons. The number of ether oxygens (including phenoxy) is 1. The second-order valence-corrected chi connectivity index (χ2v) is 7.97. The van der Waals surface area contributed by atoms with E-state index < -0.39 is 0 Å². The molecule has 28 heavy (non-hydrogen) atoms. The van der Waals surface area contributed by atoms with Gasteiger partial charge in [-0.2, -0.15) is 0 Å². The van der Waals surface area contributed by atoms with Crippen LogP contribution in [0.15, 0.2) is 84.9 Å². The number of nitrogens with zero attached hydrogens (tertiary/aromatic N) is 1. The smallest absolute Gasteiger partial charge is 0.228 e. The standard InChI is InChI=1S/C24H23NO2S/c26-23(17-19-9-3-1-4-10-19)25-15-16-28-24(25)21-13-7-8-14-22(21)27-18-20-11-5-2-6-12-20/h1-14,24H,15-18H2. The zero-order chi connectivity index (χ0) is 19.2. The fourth-order valence-corrected chi connectivity index (χ4v) is 4.71. The van der Waals surface area contributed by atoms with Crippen LogP contribution in [0.4, 0.5) is 0 Å². The van der Waals surface area contributed by atoms with Crippen molar-refractivity contribution in [1.82, 2.24) is 4.90 Å². The van der Waals surface area contributed by atoms with Crippen LogP contribution in [0, 0.1) is 0 Å². The van der Waals surface area contributed by atoms with Gasteiger partial charge in [0.25, 0.3) is 0 Å². The van der Waals surface area contributed by atoms with E-state index in [0.717, 1.165) is 34.7 Å². The molecule has 0 aliphatic carbocycles. The number of amides is 1. The molecule has 3 nitrogen and oxygen atoms in total. The van der Waals surface area contributed by atoms with Gasteiger partial charge in [-0.25, -0.2) is 0 Å². The summed E-state index contributed by atoms with van der Waals surface area (Å²) >= 11 is 1.80. The third-order valence-corrected chi connectivity index (χ3v) is 6.07. The highest BCUT2D eigenvalue weighted by Crippen LogP contribution is 2.42. The number of rotatable bonds is 6. The molecule has 1 fully saturated rings. The largest absolute Gasteiger partial charge is 0.489 e. The summed E-state index contributed by atoms with van der Waals surface area (Å²) in [6, 6.07) is 28.2. The summed E-state index contributed by atoms with van der Waals surface area (Å²) in [5.74, 6) is 1.96. The molecule has 1 amide bonds. The van der Waals surface area contributed by atoms with Crippen molar-refractivity contribution in [2.45, 2.75) is 18.4 Å². The molecular weight excluding hydrogens is 366 g/mol. The van der Waals surface area contributed by atoms with Crippen LogP contribution in [0.3, 0.4) is 0 Å². The number of hydrogen-bond donors (Lipinski definition) is 0. The Morgan fingerprint density at radius 3 is 2.29 bits per heavy atom. The molecule has 4 rings (SSSR count). The molecule has 1 aliphatic rings. The molecule has 1 atom stereocenters. The minimum atomic E-state index is 0.00295. The van der Waals surface area contributed by atoms with Crippen molar-refractivity contribution in [2.24, 2.45) is 0 Å². The molecule has 0 saturated carbocycles. The highest BCUT2D eigenvalue weighted by atomic mass is 32.2. The average Bonchev–Trinajstić information content (AvgIpc) is 3.24. The number of benzene rings is 3. The van der Waals surface area contributed by atoms with Gasteiger partial charge in [0.1, 0.15) is 17.7 Å². The van der Waals surface area contributed by atoms with Gasteiger partial charge in [-0.3, -0.25) is 4.79 Å². The van der Waals surface area contributed by atoms with Crippen LogP contribution in [0.5, 0.6) is 5.75 Å². The monoisotopic (exact) mass is 389 g/mol. The zero-order valence-corrected chi connectivity index (χ0v) is 16.5. The van der Waals surface area contributed by atoms with Gasteiger partial charge < -0.3 is 9.64 Å². The molecule has 3 aromatic carbocycles. The Bertz CT molecular complexity index is 914. The number of carbonyl (C=O) groups excluding carboxylic acids is 1. The third-order valence-electron chi connectivity index (χ3n) is 4.83. The van der Waals surface area contributed by atoms with Crippen molar-refractivity contribution in [2.75, 3.05) is 12.3 Å². The van der Waals surface area contributed by atoms with Gasteiger partial charge in [0.05, 0.1) is 6.42 Å². The van der Waals surface area contributed by atoms with Crippen molar-refractivity contribution < 1.29 is 9.53 Å². The molecule has 142 valence electrons. The summed E-state index contributed by atoms with van der Waals surface area (Å²) in [4.78, 5) is 14.9. The van der Waals surface area contributed by atoms with Gasteiger partial charge in [-0.05, 0) is 17.2 Å². The van der Waals surface area contributed by atoms with Crippen molar-refractivity contribution >= 4 is 17.7 Å². The molecule has 0 bridgehead atoms. The van der Waals surface area contributed by atoms with Crippen molar-refractivity contribution in [3.8, 4) is 5.75 Å². The molecule has 1 heterocycles. The zero-order valence-electron chi connectivity index (χ0n) is 15.7. The molecular formula is C24H23NO2S. The molecule has 0 N–H and O–H groups in total. The molecule has 3 aromatic rings. The minimum Gasteiger partial charge on any atom is -0.489 e. The van der Waals surface area contributed by atoms with Gasteiger partial charge in [-0.1, -0.05) is 78.9 Å². The van der Waals surface area contributed by atoms with Gasteiger partial charge in [0, 0.05) is 17.9 Å². The Kier molecular flexibility index (Phi) is 5.98. The molecule has 1 unspecified atom stereocenters.